The van der Waals surface area contributed by atoms with Crippen LogP contribution in [-0.4, -0.2) is 9.13 Å². The zero-order valence-corrected chi connectivity index (χ0v) is 30.9. The van der Waals surface area contributed by atoms with Gasteiger partial charge in [0.05, 0.1) is 45.6 Å². The van der Waals surface area contributed by atoms with Crippen molar-refractivity contribution in [2.24, 2.45) is 0 Å². The Bertz CT molecular complexity index is 3300. The number of fused-ring (bicyclic) bond motifs is 10. The van der Waals surface area contributed by atoms with Crippen LogP contribution < -0.4 is 9.47 Å². The average Bonchev–Trinajstić information content (AvgIpc) is 3.79. The van der Waals surface area contributed by atoms with Gasteiger partial charge < -0.3 is 18.6 Å². The second-order valence-corrected chi connectivity index (χ2v) is 14.3. The monoisotopic (exact) mass is 742 g/mol. The minimum atomic E-state index is 0.422. The van der Waals surface area contributed by atoms with Gasteiger partial charge in [0.15, 0.2) is 0 Å². The summed E-state index contributed by atoms with van der Waals surface area (Å²) in [5.41, 5.74) is 5.80. The Labute approximate surface area is 333 Å². The Balaban J connectivity index is 1.16. The molecule has 0 aliphatic heterocycles. The Morgan fingerprint density at radius 2 is 0.897 bits per heavy atom. The summed E-state index contributed by atoms with van der Waals surface area (Å²) in [6, 6.07) is 63.0. The van der Waals surface area contributed by atoms with Crippen molar-refractivity contribution in [2.45, 2.75) is 0 Å². The van der Waals surface area contributed by atoms with E-state index < -0.39 is 0 Å². The molecule has 11 aromatic rings. The second-order valence-electron chi connectivity index (χ2n) is 14.3. The molecule has 9 aromatic carbocycles. The highest BCUT2D eigenvalue weighted by atomic mass is 16.5. The van der Waals surface area contributed by atoms with Gasteiger partial charge in [0.25, 0.3) is 0 Å². The van der Waals surface area contributed by atoms with Crippen molar-refractivity contribution in [2.75, 3.05) is 0 Å². The van der Waals surface area contributed by atoms with Gasteiger partial charge in [-0.05, 0) is 106 Å². The molecule has 0 aliphatic rings. The summed E-state index contributed by atoms with van der Waals surface area (Å²) in [5.74, 6) is 2.91. The third-order valence-electron chi connectivity index (χ3n) is 11.0. The largest absolute Gasteiger partial charge is 0.457 e. The van der Waals surface area contributed by atoms with Crippen LogP contribution in [0.5, 0.6) is 23.0 Å². The lowest BCUT2D eigenvalue weighted by Crippen LogP contribution is -2.01. The zero-order valence-electron chi connectivity index (χ0n) is 30.9. The van der Waals surface area contributed by atoms with E-state index in [0.717, 1.165) is 76.7 Å². The Morgan fingerprint density at radius 1 is 0.431 bits per heavy atom. The van der Waals surface area contributed by atoms with Crippen LogP contribution in [0.25, 0.3) is 81.4 Å². The van der Waals surface area contributed by atoms with Crippen LogP contribution in [0.2, 0.25) is 0 Å². The number of nitrogens with zero attached hydrogens (tertiary/aromatic N) is 4. The summed E-state index contributed by atoms with van der Waals surface area (Å²) >= 11 is 0. The fourth-order valence-corrected chi connectivity index (χ4v) is 8.54. The van der Waals surface area contributed by atoms with Crippen LogP contribution in [-0.2, 0) is 0 Å². The molecule has 270 valence electrons. The first-order chi connectivity index (χ1) is 28.7. The van der Waals surface area contributed by atoms with Gasteiger partial charge in [-0.1, -0.05) is 97.1 Å². The lowest BCUT2D eigenvalue weighted by molar-refractivity contribution is 0.483. The third kappa shape index (κ3) is 5.18. The molecule has 0 bridgehead atoms. The van der Waals surface area contributed by atoms with Crippen molar-refractivity contribution in [3.05, 3.63) is 199 Å². The first kappa shape index (κ1) is 33.1. The van der Waals surface area contributed by atoms with Crippen molar-refractivity contribution in [3.8, 4) is 40.4 Å². The molecule has 2 heterocycles. The van der Waals surface area contributed by atoms with Gasteiger partial charge in [0, 0.05) is 21.5 Å². The van der Waals surface area contributed by atoms with Crippen LogP contribution in [0.4, 0.5) is 5.69 Å². The van der Waals surface area contributed by atoms with Gasteiger partial charge in [-0.3, -0.25) is 0 Å². The van der Waals surface area contributed by atoms with Crippen LogP contribution >= 0.6 is 0 Å². The van der Waals surface area contributed by atoms with Crippen molar-refractivity contribution < 1.29 is 9.47 Å². The van der Waals surface area contributed by atoms with E-state index in [1.807, 2.05) is 121 Å². The van der Waals surface area contributed by atoms with Crippen molar-refractivity contribution in [1.29, 1.82) is 5.26 Å². The molecule has 11 rings (SSSR count). The first-order valence-electron chi connectivity index (χ1n) is 19.0. The molecule has 58 heavy (non-hydrogen) atoms. The van der Waals surface area contributed by atoms with Gasteiger partial charge in [0.1, 0.15) is 29.1 Å². The second kappa shape index (κ2) is 13.2. The normalized spacial score (nSPS) is 11.4. The van der Waals surface area contributed by atoms with E-state index in [1.54, 1.807) is 0 Å². The molecule has 0 saturated carbocycles. The van der Waals surface area contributed by atoms with Crippen molar-refractivity contribution in [3.63, 3.8) is 0 Å². The first-order valence-corrected chi connectivity index (χ1v) is 19.0. The lowest BCUT2D eigenvalue weighted by atomic mass is 10.0. The fourth-order valence-electron chi connectivity index (χ4n) is 8.54. The molecule has 0 saturated heterocycles. The highest BCUT2D eigenvalue weighted by Crippen LogP contribution is 2.44. The minimum absolute atomic E-state index is 0.422. The topological polar surface area (TPSA) is 56.5 Å². The van der Waals surface area contributed by atoms with Crippen molar-refractivity contribution >= 4 is 70.8 Å². The molecule has 0 radical (unpaired) electrons. The molecule has 0 atom stereocenters. The number of benzene rings is 9. The maximum Gasteiger partial charge on any atom is 0.212 e. The number of para-hydroxylation sites is 2. The number of hydrogen-bond acceptors (Lipinski definition) is 3. The molecule has 0 aliphatic carbocycles. The summed E-state index contributed by atoms with van der Waals surface area (Å²) in [5, 5.41) is 19.5. The Hall–Kier alpha value is -8.32. The van der Waals surface area contributed by atoms with Gasteiger partial charge >= 0.3 is 0 Å². The molecule has 2 aromatic heterocycles. The molecule has 0 N–H and O–H groups in total. The number of aromatic nitrogens is 2. The smallest absolute Gasteiger partial charge is 0.212 e. The number of rotatable bonds is 6. The van der Waals surface area contributed by atoms with E-state index in [1.165, 1.54) is 0 Å². The van der Waals surface area contributed by atoms with Gasteiger partial charge in [0.2, 0.25) is 5.69 Å². The van der Waals surface area contributed by atoms with Gasteiger partial charge in [-0.2, -0.15) is 5.26 Å². The summed E-state index contributed by atoms with van der Waals surface area (Å²) < 4.78 is 16.9. The van der Waals surface area contributed by atoms with Crippen LogP contribution in [0.15, 0.2) is 182 Å². The van der Waals surface area contributed by atoms with E-state index in [0.29, 0.717) is 34.1 Å². The van der Waals surface area contributed by atoms with Crippen molar-refractivity contribution in [1.82, 2.24) is 9.13 Å². The van der Waals surface area contributed by atoms with E-state index >= 15 is 0 Å². The van der Waals surface area contributed by atoms with Gasteiger partial charge in [-0.15, -0.1) is 0 Å². The number of nitriles is 1. The summed E-state index contributed by atoms with van der Waals surface area (Å²) in [4.78, 5) is 4.15. The standard InChI is InChI=1S/C52H30N4O2/c1-54-44-31-49(55-45-26-22-38(57-36-14-4-2-5-15-36)29-42(45)51-40-18-10-8-12-33(40)20-24-47(51)55)35(32-53)28-50(44)56-46-27-23-39(58-37-16-6-3-7-17-37)30-43(46)52-41-19-11-9-13-34(41)21-25-48(52)56/h2-31H. The van der Waals surface area contributed by atoms with Crippen LogP contribution in [0, 0.1) is 17.9 Å². The molecule has 6 heteroatoms. The molecule has 0 amide bonds. The number of ether oxygens (including phenoxy) is 2. The van der Waals surface area contributed by atoms with E-state index in [9.17, 15) is 5.26 Å². The quantitative estimate of drug-likeness (QED) is 0.159. The van der Waals surface area contributed by atoms with E-state index in [4.69, 9.17) is 16.0 Å². The zero-order chi connectivity index (χ0) is 38.7. The maximum atomic E-state index is 11.0. The van der Waals surface area contributed by atoms with Gasteiger partial charge in [-0.25, -0.2) is 4.85 Å². The molecule has 0 spiro atoms. The van der Waals surface area contributed by atoms with Crippen LogP contribution in [0.3, 0.4) is 0 Å². The summed E-state index contributed by atoms with van der Waals surface area (Å²) in [6.07, 6.45) is 0. The van der Waals surface area contributed by atoms with E-state index in [2.05, 4.69) is 80.7 Å². The Kier molecular flexibility index (Phi) is 7.50. The molecular formula is C52H30N4O2. The Morgan fingerprint density at radius 3 is 1.40 bits per heavy atom. The lowest BCUT2D eigenvalue weighted by Gasteiger charge is -2.16. The maximum absolute atomic E-state index is 11.0. The third-order valence-corrected chi connectivity index (χ3v) is 11.0. The molecule has 0 fully saturated rings. The highest BCUT2D eigenvalue weighted by molar-refractivity contribution is 6.23. The predicted molar refractivity (Wildman–Crippen MR) is 234 cm³/mol. The SMILES string of the molecule is [C-]#[N+]c1cc(-n2c3ccc(Oc4ccccc4)cc3c3c4ccccc4ccc32)c(C#N)cc1-n1c2ccc(Oc3ccccc3)cc2c2c3ccccc3ccc21. The summed E-state index contributed by atoms with van der Waals surface area (Å²) in [7, 11) is 0. The molecule has 6 nitrogen and oxygen atoms in total. The highest BCUT2D eigenvalue weighted by Gasteiger charge is 2.23. The average molecular weight is 743 g/mol. The van der Waals surface area contributed by atoms with Crippen LogP contribution in [0.1, 0.15) is 5.56 Å². The van der Waals surface area contributed by atoms with E-state index in [-0.39, 0.29) is 0 Å². The minimum Gasteiger partial charge on any atom is -0.457 e. The molecular weight excluding hydrogens is 713 g/mol. The predicted octanol–water partition coefficient (Wildman–Crippen LogP) is 14.2. The summed E-state index contributed by atoms with van der Waals surface area (Å²) in [6.45, 7) is 8.59. The number of hydrogen-bond donors (Lipinski definition) is 0. The fraction of sp³-hybridized carbons (Fsp3) is 0. The molecule has 0 unspecified atom stereocenters.